The van der Waals surface area contributed by atoms with Gasteiger partial charge in [0, 0.05) is 38.8 Å². The fraction of sp³-hybridized carbons (Fsp3) is 0.321. The van der Waals surface area contributed by atoms with Crippen LogP contribution >= 0.6 is 0 Å². The van der Waals surface area contributed by atoms with Gasteiger partial charge in [0.05, 0.1) is 42.7 Å². The molecule has 0 saturated carbocycles. The smallest absolute Gasteiger partial charge is 0.272 e. The van der Waals surface area contributed by atoms with E-state index < -0.39 is 0 Å². The molecule has 1 amide bonds. The Labute approximate surface area is 216 Å². The van der Waals surface area contributed by atoms with Crippen molar-refractivity contribution in [3.8, 4) is 28.4 Å². The van der Waals surface area contributed by atoms with Crippen molar-refractivity contribution in [3.05, 3.63) is 71.7 Å². The molecule has 0 spiro atoms. The van der Waals surface area contributed by atoms with Crippen LogP contribution in [0.1, 0.15) is 21.9 Å². The average Bonchev–Trinajstić information content (AvgIpc) is 3.46. The third-order valence-corrected chi connectivity index (χ3v) is 6.92. The van der Waals surface area contributed by atoms with E-state index in [1.807, 2.05) is 59.0 Å². The number of methoxy groups -OCH3 is 2. The number of aromatic nitrogens is 4. The van der Waals surface area contributed by atoms with E-state index in [0.717, 1.165) is 41.4 Å². The predicted molar refractivity (Wildman–Crippen MR) is 143 cm³/mol. The van der Waals surface area contributed by atoms with Crippen molar-refractivity contribution in [3.63, 3.8) is 0 Å². The van der Waals surface area contributed by atoms with Gasteiger partial charge < -0.3 is 19.3 Å². The molecule has 37 heavy (non-hydrogen) atoms. The molecule has 0 aliphatic carbocycles. The van der Waals surface area contributed by atoms with Crippen LogP contribution in [0.25, 0.3) is 16.9 Å². The van der Waals surface area contributed by atoms with Crippen LogP contribution in [-0.2, 0) is 7.05 Å². The van der Waals surface area contributed by atoms with Crippen molar-refractivity contribution in [2.45, 2.75) is 13.8 Å². The van der Waals surface area contributed by atoms with Gasteiger partial charge in [0.25, 0.3) is 5.91 Å². The summed E-state index contributed by atoms with van der Waals surface area (Å²) in [7, 11) is 5.03. The Morgan fingerprint density at radius 2 is 1.62 bits per heavy atom. The second-order valence-corrected chi connectivity index (χ2v) is 9.15. The van der Waals surface area contributed by atoms with Crippen LogP contribution in [0, 0.1) is 13.8 Å². The molecule has 0 atom stereocenters. The average molecular weight is 501 g/mol. The van der Waals surface area contributed by atoms with Gasteiger partial charge in [-0.1, -0.05) is 18.2 Å². The number of benzene rings is 2. The molecular weight excluding hydrogens is 468 g/mol. The molecule has 2 aromatic heterocycles. The van der Waals surface area contributed by atoms with Crippen molar-refractivity contribution in [2.75, 3.05) is 45.3 Å². The maximum absolute atomic E-state index is 13.5. The number of aryl methyl sites for hydroxylation is 2. The van der Waals surface area contributed by atoms with Crippen molar-refractivity contribution in [1.82, 2.24) is 24.5 Å². The number of carbonyl (C=O) groups excluding carboxylic acids is 1. The number of para-hydroxylation sites is 1. The van der Waals surface area contributed by atoms with Crippen LogP contribution in [0.2, 0.25) is 0 Å². The van der Waals surface area contributed by atoms with Gasteiger partial charge in [-0.25, -0.2) is 4.68 Å². The lowest BCUT2D eigenvalue weighted by Crippen LogP contribution is -2.49. The maximum Gasteiger partial charge on any atom is 0.272 e. The lowest BCUT2D eigenvalue weighted by Gasteiger charge is -2.36. The number of hydrogen-bond acceptors (Lipinski definition) is 6. The summed E-state index contributed by atoms with van der Waals surface area (Å²) in [5, 5.41) is 9.40. The first-order valence-electron chi connectivity index (χ1n) is 12.3. The first-order valence-corrected chi connectivity index (χ1v) is 12.3. The highest BCUT2D eigenvalue weighted by Crippen LogP contribution is 2.33. The fourth-order valence-electron chi connectivity index (χ4n) is 5.02. The summed E-state index contributed by atoms with van der Waals surface area (Å²) >= 11 is 0. The summed E-state index contributed by atoms with van der Waals surface area (Å²) in [5.74, 6) is 1.34. The zero-order chi connectivity index (χ0) is 26.1. The first kappa shape index (κ1) is 24.4. The van der Waals surface area contributed by atoms with Crippen molar-refractivity contribution < 1.29 is 14.3 Å². The van der Waals surface area contributed by atoms with Gasteiger partial charge in [-0.2, -0.15) is 10.2 Å². The number of amides is 1. The van der Waals surface area contributed by atoms with Crippen LogP contribution < -0.4 is 14.4 Å². The topological polar surface area (TPSA) is 77.7 Å². The second-order valence-electron chi connectivity index (χ2n) is 9.15. The van der Waals surface area contributed by atoms with Gasteiger partial charge >= 0.3 is 0 Å². The molecule has 2 aromatic carbocycles. The van der Waals surface area contributed by atoms with Crippen LogP contribution in [-0.4, -0.2) is 70.8 Å². The SMILES string of the molecule is COc1ccc(OC)c(-c2cc(C(=O)N3CCN(c4c(C)nn(-c5ccccc5)c4C)CC3)n(C)n2)c1. The van der Waals surface area contributed by atoms with Gasteiger partial charge in [0.2, 0.25) is 0 Å². The predicted octanol–water partition coefficient (Wildman–Crippen LogP) is 3.87. The van der Waals surface area contributed by atoms with Crippen LogP contribution in [0.3, 0.4) is 0 Å². The van der Waals surface area contributed by atoms with E-state index in [0.29, 0.717) is 36.0 Å². The third kappa shape index (κ3) is 4.52. The summed E-state index contributed by atoms with van der Waals surface area (Å²) < 4.78 is 14.5. The second kappa shape index (κ2) is 10.0. The summed E-state index contributed by atoms with van der Waals surface area (Å²) in [4.78, 5) is 17.7. The molecule has 1 aliphatic heterocycles. The van der Waals surface area contributed by atoms with E-state index in [4.69, 9.17) is 14.6 Å². The summed E-state index contributed by atoms with van der Waals surface area (Å²) in [6, 6.07) is 17.5. The van der Waals surface area contributed by atoms with Gasteiger partial charge in [0.15, 0.2) is 0 Å². The molecule has 1 aliphatic rings. The molecule has 9 nitrogen and oxygen atoms in total. The Hall–Kier alpha value is -4.27. The molecule has 3 heterocycles. The van der Waals surface area contributed by atoms with E-state index in [1.165, 1.54) is 0 Å². The third-order valence-electron chi connectivity index (χ3n) is 6.92. The van der Waals surface area contributed by atoms with Crippen molar-refractivity contribution in [1.29, 1.82) is 0 Å². The zero-order valence-corrected chi connectivity index (χ0v) is 21.9. The number of hydrogen-bond donors (Lipinski definition) is 0. The largest absolute Gasteiger partial charge is 0.497 e. The fourth-order valence-corrected chi connectivity index (χ4v) is 5.02. The Balaban J connectivity index is 1.33. The minimum atomic E-state index is -0.0313. The van der Waals surface area contributed by atoms with Gasteiger partial charge in [-0.05, 0) is 50.2 Å². The van der Waals surface area contributed by atoms with E-state index in [-0.39, 0.29) is 5.91 Å². The maximum atomic E-state index is 13.5. The van der Waals surface area contributed by atoms with Crippen LogP contribution in [0.5, 0.6) is 11.5 Å². The Morgan fingerprint density at radius 3 is 2.30 bits per heavy atom. The monoisotopic (exact) mass is 500 g/mol. The highest BCUT2D eigenvalue weighted by Gasteiger charge is 2.28. The lowest BCUT2D eigenvalue weighted by atomic mass is 10.1. The Morgan fingerprint density at radius 1 is 0.892 bits per heavy atom. The molecular formula is C28H32N6O3. The number of piperazine rings is 1. The minimum Gasteiger partial charge on any atom is -0.497 e. The molecule has 0 bridgehead atoms. The van der Waals surface area contributed by atoms with Crippen molar-refractivity contribution >= 4 is 11.6 Å². The molecule has 9 heteroatoms. The first-order chi connectivity index (χ1) is 17.9. The molecule has 192 valence electrons. The van der Waals surface area contributed by atoms with Crippen molar-refractivity contribution in [2.24, 2.45) is 7.05 Å². The standard InChI is InChI=1S/C28H32N6O3/c1-19-27(20(2)34(29-19)21-9-7-6-8-10-21)32-13-15-33(16-14-32)28(35)25-18-24(30-31(25)3)23-17-22(36-4)11-12-26(23)37-5/h6-12,17-18H,13-16H2,1-5H3. The normalized spacial score (nSPS) is 13.6. The van der Waals surface area contributed by atoms with Crippen LogP contribution in [0.15, 0.2) is 54.6 Å². The lowest BCUT2D eigenvalue weighted by molar-refractivity contribution is 0.0735. The summed E-state index contributed by atoms with van der Waals surface area (Å²) in [6.45, 7) is 6.87. The number of carbonyl (C=O) groups is 1. The highest BCUT2D eigenvalue weighted by molar-refractivity contribution is 5.94. The molecule has 5 rings (SSSR count). The minimum absolute atomic E-state index is 0.0313. The Bertz CT molecular complexity index is 1420. The number of ether oxygens (including phenoxy) is 2. The molecule has 1 saturated heterocycles. The van der Waals surface area contributed by atoms with Gasteiger partial charge in [-0.15, -0.1) is 0 Å². The van der Waals surface area contributed by atoms with Crippen LogP contribution in [0.4, 0.5) is 5.69 Å². The molecule has 0 unspecified atom stereocenters. The highest BCUT2D eigenvalue weighted by atomic mass is 16.5. The number of anilines is 1. The molecule has 0 N–H and O–H groups in total. The zero-order valence-electron chi connectivity index (χ0n) is 21.9. The Kier molecular flexibility index (Phi) is 6.60. The molecule has 4 aromatic rings. The summed E-state index contributed by atoms with van der Waals surface area (Å²) in [6.07, 6.45) is 0. The van der Waals surface area contributed by atoms with E-state index in [2.05, 4.69) is 29.1 Å². The molecule has 1 fully saturated rings. The quantitative estimate of drug-likeness (QED) is 0.400. The van der Waals surface area contributed by atoms with Gasteiger partial charge in [0.1, 0.15) is 17.2 Å². The summed E-state index contributed by atoms with van der Waals surface area (Å²) in [5.41, 5.74) is 6.27. The van der Waals surface area contributed by atoms with E-state index in [9.17, 15) is 4.79 Å². The van der Waals surface area contributed by atoms with Gasteiger partial charge in [-0.3, -0.25) is 9.48 Å². The number of nitrogens with zero attached hydrogens (tertiary/aromatic N) is 6. The number of rotatable bonds is 6. The van der Waals surface area contributed by atoms with E-state index >= 15 is 0 Å². The molecule has 0 radical (unpaired) electrons. The van der Waals surface area contributed by atoms with E-state index in [1.54, 1.807) is 25.9 Å².